The standard InChI is InChI=1S/C10H9N/c11-10-7-3-5-8-4-1-2-6-9(8)10/h1-4,6-7,9H,11H2. The highest BCUT2D eigenvalue weighted by Gasteiger charge is 2.14. The molecule has 1 unspecified atom stereocenters. The van der Waals surface area contributed by atoms with Crippen molar-refractivity contribution in [3.63, 3.8) is 0 Å². The van der Waals surface area contributed by atoms with Gasteiger partial charge in [-0.1, -0.05) is 24.3 Å². The molecule has 0 bridgehead atoms. The molecule has 0 heterocycles. The summed E-state index contributed by atoms with van der Waals surface area (Å²) in [7, 11) is 0. The second-order valence-corrected chi connectivity index (χ2v) is 2.65. The van der Waals surface area contributed by atoms with Crippen LogP contribution in [0.15, 0.2) is 53.5 Å². The number of allylic oxidation sites excluding steroid dienone is 5. The van der Waals surface area contributed by atoms with E-state index in [0.29, 0.717) is 0 Å². The molecule has 1 atom stereocenters. The van der Waals surface area contributed by atoms with E-state index in [2.05, 4.69) is 11.8 Å². The summed E-state index contributed by atoms with van der Waals surface area (Å²) < 4.78 is 0. The highest BCUT2D eigenvalue weighted by molar-refractivity contribution is 5.42. The minimum Gasteiger partial charge on any atom is -0.401 e. The smallest absolute Gasteiger partial charge is 0.0492 e. The van der Waals surface area contributed by atoms with Crippen LogP contribution in [0.5, 0.6) is 0 Å². The van der Waals surface area contributed by atoms with E-state index in [1.807, 2.05) is 30.4 Å². The predicted molar refractivity (Wildman–Crippen MR) is 45.6 cm³/mol. The monoisotopic (exact) mass is 143 g/mol. The van der Waals surface area contributed by atoms with Gasteiger partial charge in [0.1, 0.15) is 0 Å². The normalized spacial score (nSPS) is 26.0. The van der Waals surface area contributed by atoms with Crippen molar-refractivity contribution >= 4 is 0 Å². The maximum Gasteiger partial charge on any atom is 0.0492 e. The number of rotatable bonds is 0. The highest BCUT2D eigenvalue weighted by atomic mass is 14.6. The average Bonchev–Trinajstić information content (AvgIpc) is 2.06. The largest absolute Gasteiger partial charge is 0.401 e. The van der Waals surface area contributed by atoms with Gasteiger partial charge in [-0.3, -0.25) is 0 Å². The zero-order valence-electron chi connectivity index (χ0n) is 6.12. The lowest BCUT2D eigenvalue weighted by molar-refractivity contribution is 0.889. The molecular formula is C10H9N. The lowest BCUT2D eigenvalue weighted by atomic mass is 9.90. The first kappa shape index (κ1) is 6.26. The number of hydrogen-bond donors (Lipinski definition) is 1. The molecule has 2 rings (SSSR count). The number of nitrogens with two attached hydrogens (primary N) is 1. The van der Waals surface area contributed by atoms with Gasteiger partial charge in [0.25, 0.3) is 0 Å². The van der Waals surface area contributed by atoms with Gasteiger partial charge >= 0.3 is 0 Å². The third-order valence-electron chi connectivity index (χ3n) is 1.91. The van der Waals surface area contributed by atoms with Gasteiger partial charge < -0.3 is 5.73 Å². The summed E-state index contributed by atoms with van der Waals surface area (Å²) >= 11 is 0. The van der Waals surface area contributed by atoms with Crippen LogP contribution in [0.3, 0.4) is 0 Å². The lowest BCUT2D eigenvalue weighted by Crippen LogP contribution is -2.13. The molecule has 54 valence electrons. The Balaban J connectivity index is 2.49. The molecule has 0 aliphatic heterocycles. The lowest BCUT2D eigenvalue weighted by Gasteiger charge is -2.17. The van der Waals surface area contributed by atoms with Crippen LogP contribution in [0.25, 0.3) is 0 Å². The minimum absolute atomic E-state index is 0.269. The van der Waals surface area contributed by atoms with Crippen molar-refractivity contribution < 1.29 is 0 Å². The Morgan fingerprint density at radius 3 is 3.09 bits per heavy atom. The first-order valence-electron chi connectivity index (χ1n) is 3.65. The summed E-state index contributed by atoms with van der Waals surface area (Å²) in [4.78, 5) is 0. The minimum atomic E-state index is 0.269. The van der Waals surface area contributed by atoms with Crippen LogP contribution in [0.1, 0.15) is 0 Å². The van der Waals surface area contributed by atoms with E-state index < -0.39 is 0 Å². The van der Waals surface area contributed by atoms with E-state index in [-0.39, 0.29) is 5.92 Å². The van der Waals surface area contributed by atoms with Gasteiger partial charge in [0.2, 0.25) is 0 Å². The van der Waals surface area contributed by atoms with E-state index >= 15 is 0 Å². The van der Waals surface area contributed by atoms with Gasteiger partial charge in [0.05, 0.1) is 0 Å². The molecule has 11 heavy (non-hydrogen) atoms. The fourth-order valence-electron chi connectivity index (χ4n) is 1.31. The van der Waals surface area contributed by atoms with Gasteiger partial charge in [-0.15, -0.1) is 5.73 Å². The molecule has 0 aromatic carbocycles. The van der Waals surface area contributed by atoms with Crippen molar-refractivity contribution in [2.75, 3.05) is 0 Å². The van der Waals surface area contributed by atoms with Gasteiger partial charge in [-0.25, -0.2) is 0 Å². The fourth-order valence-corrected chi connectivity index (χ4v) is 1.31. The summed E-state index contributed by atoms with van der Waals surface area (Å²) in [5.74, 6) is 0.269. The average molecular weight is 143 g/mol. The first-order valence-corrected chi connectivity index (χ1v) is 3.65. The van der Waals surface area contributed by atoms with Crippen LogP contribution in [0.4, 0.5) is 0 Å². The topological polar surface area (TPSA) is 26.0 Å². The van der Waals surface area contributed by atoms with E-state index in [9.17, 15) is 0 Å². The fraction of sp³-hybridized carbons (Fsp3) is 0.100. The van der Waals surface area contributed by atoms with Gasteiger partial charge in [-0.2, -0.15) is 0 Å². The number of fused-ring (bicyclic) bond motifs is 1. The van der Waals surface area contributed by atoms with Crippen LogP contribution in [-0.2, 0) is 0 Å². The van der Waals surface area contributed by atoms with E-state index in [4.69, 9.17) is 5.73 Å². The Morgan fingerprint density at radius 1 is 1.36 bits per heavy atom. The zero-order valence-corrected chi connectivity index (χ0v) is 6.12. The molecule has 0 aromatic heterocycles. The van der Waals surface area contributed by atoms with E-state index in [1.54, 1.807) is 0 Å². The van der Waals surface area contributed by atoms with Crippen molar-refractivity contribution in [2.24, 2.45) is 11.7 Å². The summed E-state index contributed by atoms with van der Waals surface area (Å²) in [6.45, 7) is 0. The molecular weight excluding hydrogens is 134 g/mol. The molecule has 2 aliphatic carbocycles. The zero-order chi connectivity index (χ0) is 7.68. The molecule has 1 nitrogen and oxygen atoms in total. The van der Waals surface area contributed by atoms with Gasteiger partial charge in [0, 0.05) is 17.2 Å². The van der Waals surface area contributed by atoms with Crippen molar-refractivity contribution in [3.05, 3.63) is 53.5 Å². The first-order chi connectivity index (χ1) is 5.38. The molecule has 0 saturated carbocycles. The molecule has 0 fully saturated rings. The Labute approximate surface area is 65.9 Å². The molecule has 2 aliphatic rings. The van der Waals surface area contributed by atoms with Crippen molar-refractivity contribution in [1.29, 1.82) is 0 Å². The van der Waals surface area contributed by atoms with Gasteiger partial charge in [0.15, 0.2) is 0 Å². The van der Waals surface area contributed by atoms with Gasteiger partial charge in [-0.05, 0) is 12.2 Å². The summed E-state index contributed by atoms with van der Waals surface area (Å²) in [6.07, 6.45) is 11.9. The van der Waals surface area contributed by atoms with E-state index in [1.165, 1.54) is 0 Å². The quantitative estimate of drug-likeness (QED) is 0.513. The molecule has 2 N–H and O–H groups in total. The van der Waals surface area contributed by atoms with Crippen LogP contribution in [0.2, 0.25) is 0 Å². The predicted octanol–water partition coefficient (Wildman–Crippen LogP) is 1.67. The third kappa shape index (κ3) is 0.957. The highest BCUT2D eigenvalue weighted by Crippen LogP contribution is 2.24. The molecule has 0 aromatic rings. The number of hydrogen-bond acceptors (Lipinski definition) is 1. The summed E-state index contributed by atoms with van der Waals surface area (Å²) in [5, 5.41) is 0. The Bertz CT molecular complexity index is 323. The third-order valence-corrected chi connectivity index (χ3v) is 1.91. The molecule has 0 amide bonds. The van der Waals surface area contributed by atoms with Crippen molar-refractivity contribution in [1.82, 2.24) is 0 Å². The van der Waals surface area contributed by atoms with Crippen LogP contribution in [-0.4, -0.2) is 0 Å². The van der Waals surface area contributed by atoms with Crippen molar-refractivity contribution in [3.8, 4) is 0 Å². The molecule has 0 spiro atoms. The second kappa shape index (κ2) is 2.30. The van der Waals surface area contributed by atoms with Crippen molar-refractivity contribution in [2.45, 2.75) is 0 Å². The SMILES string of the molecule is NC1=CC=C=C2C=CC=CC21. The maximum atomic E-state index is 5.77. The summed E-state index contributed by atoms with van der Waals surface area (Å²) in [5.41, 5.74) is 11.0. The maximum absolute atomic E-state index is 5.77. The Morgan fingerprint density at radius 2 is 2.27 bits per heavy atom. The van der Waals surface area contributed by atoms with E-state index in [0.717, 1.165) is 11.3 Å². The molecule has 1 heteroatoms. The van der Waals surface area contributed by atoms with Crippen LogP contribution in [0, 0.1) is 5.92 Å². The molecule has 0 radical (unpaired) electrons. The summed E-state index contributed by atoms with van der Waals surface area (Å²) in [6, 6.07) is 0. The van der Waals surface area contributed by atoms with Crippen LogP contribution >= 0.6 is 0 Å². The Kier molecular flexibility index (Phi) is 1.31. The van der Waals surface area contributed by atoms with Crippen LogP contribution < -0.4 is 5.73 Å². The Hall–Kier alpha value is -1.46. The molecule has 0 saturated heterocycles. The second-order valence-electron chi connectivity index (χ2n) is 2.65.